The fraction of sp³-hybridized carbons (Fsp3) is 0.381. The average molecular weight is 325 g/mol. The maximum atomic E-state index is 11.9. The highest BCUT2D eigenvalue weighted by molar-refractivity contribution is 5.86. The predicted molar refractivity (Wildman–Crippen MR) is 99.7 cm³/mol. The van der Waals surface area contributed by atoms with Gasteiger partial charge in [-0.05, 0) is 49.6 Å². The monoisotopic (exact) mass is 325 g/mol. The van der Waals surface area contributed by atoms with Gasteiger partial charge in [0.05, 0.1) is 0 Å². The molecule has 2 aromatic carbocycles. The van der Waals surface area contributed by atoms with Crippen molar-refractivity contribution in [3.05, 3.63) is 59.7 Å². The second-order valence-corrected chi connectivity index (χ2v) is 6.19. The van der Waals surface area contributed by atoms with Gasteiger partial charge in [0.25, 0.3) is 0 Å². The summed E-state index contributed by atoms with van der Waals surface area (Å²) in [4.78, 5) is 11.9. The summed E-state index contributed by atoms with van der Waals surface area (Å²) < 4.78 is 5.31. The van der Waals surface area contributed by atoms with Crippen molar-refractivity contribution >= 4 is 11.8 Å². The number of rotatable bonds is 8. The molecule has 0 unspecified atom stereocenters. The minimum absolute atomic E-state index is 0.467. The van der Waals surface area contributed by atoms with Crippen LogP contribution in [0.1, 0.15) is 50.2 Å². The maximum Gasteiger partial charge on any atom is 0.417 e. The van der Waals surface area contributed by atoms with Crippen LogP contribution in [-0.2, 0) is 6.42 Å². The van der Waals surface area contributed by atoms with Crippen molar-refractivity contribution in [1.82, 2.24) is 0 Å². The largest absolute Gasteiger partial charge is 0.417 e. The van der Waals surface area contributed by atoms with Crippen molar-refractivity contribution in [3.63, 3.8) is 0 Å². The van der Waals surface area contributed by atoms with Crippen molar-refractivity contribution < 1.29 is 9.53 Å². The quantitative estimate of drug-likeness (QED) is 0.594. The van der Waals surface area contributed by atoms with Crippen molar-refractivity contribution in [2.24, 2.45) is 0 Å². The van der Waals surface area contributed by atoms with Crippen LogP contribution < -0.4 is 10.1 Å². The Morgan fingerprint density at radius 2 is 1.58 bits per heavy atom. The summed E-state index contributed by atoms with van der Waals surface area (Å²) in [6, 6.07) is 15.4. The summed E-state index contributed by atoms with van der Waals surface area (Å²) in [6.45, 7) is 4.24. The van der Waals surface area contributed by atoms with Crippen LogP contribution in [0.2, 0.25) is 0 Å². The van der Waals surface area contributed by atoms with Crippen LogP contribution in [-0.4, -0.2) is 6.09 Å². The summed E-state index contributed by atoms with van der Waals surface area (Å²) >= 11 is 0. The Morgan fingerprint density at radius 3 is 2.25 bits per heavy atom. The van der Waals surface area contributed by atoms with Crippen molar-refractivity contribution in [2.45, 2.75) is 52.4 Å². The fourth-order valence-electron chi connectivity index (χ4n) is 2.54. The van der Waals surface area contributed by atoms with E-state index in [4.69, 9.17) is 4.74 Å². The Labute approximate surface area is 145 Å². The first kappa shape index (κ1) is 18.1. The molecule has 0 saturated heterocycles. The number of carbonyl (C=O) groups excluding carboxylic acids is 1. The number of aryl methyl sites for hydroxylation is 2. The van der Waals surface area contributed by atoms with Crippen LogP contribution in [0.4, 0.5) is 10.5 Å². The molecule has 2 rings (SSSR count). The molecule has 1 N–H and O–H groups in total. The van der Waals surface area contributed by atoms with Crippen molar-refractivity contribution in [2.75, 3.05) is 5.32 Å². The summed E-state index contributed by atoms with van der Waals surface area (Å²) in [5.74, 6) is 0.564. The summed E-state index contributed by atoms with van der Waals surface area (Å²) in [5.41, 5.74) is 3.17. The zero-order chi connectivity index (χ0) is 17.2. The number of ether oxygens (including phenoxy) is 1. The number of hydrogen-bond acceptors (Lipinski definition) is 2. The van der Waals surface area contributed by atoms with Gasteiger partial charge in [0.1, 0.15) is 5.75 Å². The lowest BCUT2D eigenvalue weighted by atomic mass is 10.1. The zero-order valence-corrected chi connectivity index (χ0v) is 14.7. The molecule has 0 aliphatic rings. The molecule has 0 aliphatic carbocycles. The highest BCUT2D eigenvalue weighted by Crippen LogP contribution is 2.16. The Bertz CT molecular complexity index is 617. The molecule has 2 aromatic rings. The third-order valence-electron chi connectivity index (χ3n) is 4.00. The zero-order valence-electron chi connectivity index (χ0n) is 14.7. The minimum Gasteiger partial charge on any atom is -0.410 e. The summed E-state index contributed by atoms with van der Waals surface area (Å²) in [5, 5.41) is 2.72. The van der Waals surface area contributed by atoms with Crippen LogP contribution in [0.25, 0.3) is 0 Å². The van der Waals surface area contributed by atoms with Gasteiger partial charge in [-0.1, -0.05) is 62.4 Å². The first-order chi connectivity index (χ1) is 11.7. The molecule has 0 radical (unpaired) electrons. The number of carbonyl (C=O) groups is 1. The van der Waals surface area contributed by atoms with Gasteiger partial charge in [0.15, 0.2) is 0 Å². The van der Waals surface area contributed by atoms with Gasteiger partial charge in [-0.3, -0.25) is 5.32 Å². The molecule has 3 nitrogen and oxygen atoms in total. The number of unbranched alkanes of at least 4 members (excludes halogenated alkanes) is 4. The topological polar surface area (TPSA) is 38.3 Å². The Morgan fingerprint density at radius 1 is 0.917 bits per heavy atom. The SMILES string of the molecule is CCCCCCCc1ccc(OC(=O)Nc2ccc(C)cc2)cc1. The lowest BCUT2D eigenvalue weighted by Crippen LogP contribution is -2.16. The number of benzene rings is 2. The van der Waals surface area contributed by atoms with E-state index in [2.05, 4.69) is 12.2 Å². The molecule has 0 aliphatic heterocycles. The standard InChI is InChI=1S/C21H27NO2/c1-3-4-5-6-7-8-18-11-15-20(16-12-18)24-21(23)22-19-13-9-17(2)10-14-19/h9-16H,3-8H2,1-2H3,(H,22,23). The van der Waals surface area contributed by atoms with Gasteiger partial charge in [0, 0.05) is 5.69 Å². The highest BCUT2D eigenvalue weighted by Gasteiger charge is 2.05. The van der Waals surface area contributed by atoms with E-state index in [9.17, 15) is 4.79 Å². The molecule has 0 bridgehead atoms. The molecule has 1 amide bonds. The third-order valence-corrected chi connectivity index (χ3v) is 4.00. The molecule has 0 saturated carbocycles. The highest BCUT2D eigenvalue weighted by atomic mass is 16.6. The Hall–Kier alpha value is -2.29. The third kappa shape index (κ3) is 6.45. The molecule has 0 aromatic heterocycles. The van der Waals surface area contributed by atoms with E-state index < -0.39 is 6.09 Å². The minimum atomic E-state index is -0.467. The van der Waals surface area contributed by atoms with E-state index in [1.54, 1.807) is 0 Å². The van der Waals surface area contributed by atoms with E-state index in [0.717, 1.165) is 17.7 Å². The van der Waals surface area contributed by atoms with E-state index in [1.165, 1.54) is 37.7 Å². The van der Waals surface area contributed by atoms with Gasteiger partial charge in [-0.2, -0.15) is 0 Å². The number of amides is 1. The van der Waals surface area contributed by atoms with Crippen molar-refractivity contribution in [3.8, 4) is 5.75 Å². The number of nitrogens with one attached hydrogen (secondary N) is 1. The van der Waals surface area contributed by atoms with E-state index in [-0.39, 0.29) is 0 Å². The van der Waals surface area contributed by atoms with Crippen LogP contribution >= 0.6 is 0 Å². The smallest absolute Gasteiger partial charge is 0.410 e. The first-order valence-corrected chi connectivity index (χ1v) is 8.82. The lowest BCUT2D eigenvalue weighted by molar-refractivity contribution is 0.215. The Balaban J connectivity index is 1.76. The van der Waals surface area contributed by atoms with Gasteiger partial charge < -0.3 is 4.74 Å². The molecule has 3 heteroatoms. The summed E-state index contributed by atoms with van der Waals surface area (Å²) in [7, 11) is 0. The fourth-order valence-corrected chi connectivity index (χ4v) is 2.54. The molecule has 0 fully saturated rings. The van der Waals surface area contributed by atoms with Crippen molar-refractivity contribution in [1.29, 1.82) is 0 Å². The number of hydrogen-bond donors (Lipinski definition) is 1. The molecule has 128 valence electrons. The van der Waals surface area contributed by atoms with Crippen LogP contribution in [0, 0.1) is 6.92 Å². The van der Waals surface area contributed by atoms with Crippen LogP contribution in [0.15, 0.2) is 48.5 Å². The van der Waals surface area contributed by atoms with Gasteiger partial charge in [-0.15, -0.1) is 0 Å². The lowest BCUT2D eigenvalue weighted by Gasteiger charge is -2.08. The van der Waals surface area contributed by atoms with Gasteiger partial charge in [-0.25, -0.2) is 4.79 Å². The van der Waals surface area contributed by atoms with Crippen LogP contribution in [0.5, 0.6) is 5.75 Å². The molecule has 0 atom stereocenters. The van der Waals surface area contributed by atoms with E-state index >= 15 is 0 Å². The van der Waals surface area contributed by atoms with Gasteiger partial charge >= 0.3 is 6.09 Å². The molecule has 24 heavy (non-hydrogen) atoms. The second kappa shape index (κ2) is 9.76. The second-order valence-electron chi connectivity index (χ2n) is 6.19. The van der Waals surface area contributed by atoms with Gasteiger partial charge in [0.2, 0.25) is 0 Å². The molecule has 0 spiro atoms. The summed E-state index contributed by atoms with van der Waals surface area (Å²) in [6.07, 6.45) is 7.03. The van der Waals surface area contributed by atoms with Crippen LogP contribution in [0.3, 0.4) is 0 Å². The van der Waals surface area contributed by atoms with E-state index in [1.807, 2.05) is 55.5 Å². The normalized spacial score (nSPS) is 10.4. The Kier molecular flexibility index (Phi) is 7.34. The van der Waals surface area contributed by atoms with E-state index in [0.29, 0.717) is 5.75 Å². The number of anilines is 1. The maximum absolute atomic E-state index is 11.9. The average Bonchev–Trinajstić information content (AvgIpc) is 2.58. The predicted octanol–water partition coefficient (Wildman–Crippen LogP) is 6.12. The molecular weight excluding hydrogens is 298 g/mol. The molecular formula is C21H27NO2. The molecule has 0 heterocycles. The first-order valence-electron chi connectivity index (χ1n) is 8.82.